The van der Waals surface area contributed by atoms with Gasteiger partial charge in [-0.25, -0.2) is 19.7 Å². The van der Waals surface area contributed by atoms with Gasteiger partial charge < -0.3 is 19.2 Å². The molecule has 0 spiro atoms. The number of hydrogen-bond donors (Lipinski definition) is 1. The molecule has 0 radical (unpaired) electrons. The molecule has 4 aromatic rings. The molecule has 0 bridgehead atoms. The Bertz CT molecular complexity index is 1450. The van der Waals surface area contributed by atoms with E-state index in [1.54, 1.807) is 40.3 Å². The maximum atomic E-state index is 12.6. The van der Waals surface area contributed by atoms with Crippen LogP contribution in [-0.4, -0.2) is 49.9 Å². The molecule has 1 atom stereocenters. The van der Waals surface area contributed by atoms with Gasteiger partial charge in [0.2, 0.25) is 0 Å². The molecule has 0 aliphatic carbocycles. The Morgan fingerprint density at radius 3 is 2.86 bits per heavy atom. The van der Waals surface area contributed by atoms with Crippen molar-refractivity contribution in [3.8, 4) is 0 Å². The van der Waals surface area contributed by atoms with Crippen LogP contribution in [0.2, 0.25) is 0 Å². The first-order chi connectivity index (χ1) is 18.1. The van der Waals surface area contributed by atoms with Crippen LogP contribution in [0.15, 0.2) is 59.9 Å². The van der Waals surface area contributed by atoms with E-state index in [2.05, 4.69) is 19.9 Å². The highest BCUT2D eigenvalue weighted by molar-refractivity contribution is 5.95. The zero-order valence-electron chi connectivity index (χ0n) is 21.1. The lowest BCUT2D eigenvalue weighted by Gasteiger charge is -2.34. The number of nitrogens with zero attached hydrogens (tertiary/aromatic N) is 6. The SMILES string of the molecule is COC(=O)N1c2ccc3c(nc(CCn4ccccc4=O)n3CCNCc3ccncn3)c2CC[C@@H]1C. The van der Waals surface area contributed by atoms with E-state index in [1.165, 1.54) is 7.11 Å². The lowest BCUT2D eigenvalue weighted by Crippen LogP contribution is -2.42. The molecule has 0 fully saturated rings. The second kappa shape index (κ2) is 10.9. The molecule has 192 valence electrons. The van der Waals surface area contributed by atoms with Gasteiger partial charge in [0.05, 0.1) is 29.5 Å². The number of aromatic nitrogens is 5. The van der Waals surface area contributed by atoms with Crippen molar-refractivity contribution in [3.05, 3.63) is 82.6 Å². The molecule has 5 rings (SSSR count). The Labute approximate surface area is 214 Å². The van der Waals surface area contributed by atoms with Gasteiger partial charge in [0.25, 0.3) is 5.56 Å². The number of hydrogen-bond acceptors (Lipinski definition) is 7. The number of carbonyl (C=O) groups excluding carboxylic acids is 1. The molecule has 1 N–H and O–H groups in total. The number of benzene rings is 1. The monoisotopic (exact) mass is 501 g/mol. The van der Waals surface area contributed by atoms with Crippen molar-refractivity contribution in [2.24, 2.45) is 0 Å². The minimum absolute atomic E-state index is 0.0308. The van der Waals surface area contributed by atoms with Crippen LogP contribution >= 0.6 is 0 Å². The fraction of sp³-hybridized carbons (Fsp3) is 0.370. The first-order valence-electron chi connectivity index (χ1n) is 12.6. The van der Waals surface area contributed by atoms with E-state index in [9.17, 15) is 9.59 Å². The summed E-state index contributed by atoms with van der Waals surface area (Å²) in [6.07, 6.45) is 7.01. The normalized spacial score (nSPS) is 15.1. The number of fused-ring (bicyclic) bond motifs is 3. The molecule has 0 saturated carbocycles. The number of amides is 1. The summed E-state index contributed by atoms with van der Waals surface area (Å²) in [4.78, 5) is 39.9. The molecule has 10 heteroatoms. The predicted octanol–water partition coefficient (Wildman–Crippen LogP) is 2.93. The number of ether oxygens (including phenoxy) is 1. The van der Waals surface area contributed by atoms with Gasteiger partial charge in [0, 0.05) is 62.7 Å². The predicted molar refractivity (Wildman–Crippen MR) is 141 cm³/mol. The zero-order chi connectivity index (χ0) is 25.8. The molecule has 1 aromatic carbocycles. The quantitative estimate of drug-likeness (QED) is 0.370. The van der Waals surface area contributed by atoms with E-state index in [4.69, 9.17) is 9.72 Å². The van der Waals surface area contributed by atoms with Crippen molar-refractivity contribution in [1.29, 1.82) is 0 Å². The lowest BCUT2D eigenvalue weighted by atomic mass is 9.96. The number of pyridine rings is 1. The summed E-state index contributed by atoms with van der Waals surface area (Å²) < 4.78 is 8.99. The third-order valence-electron chi connectivity index (χ3n) is 6.90. The Morgan fingerprint density at radius 1 is 1.19 bits per heavy atom. The molecular weight excluding hydrogens is 470 g/mol. The zero-order valence-corrected chi connectivity index (χ0v) is 21.1. The molecule has 1 amide bonds. The molecule has 0 unspecified atom stereocenters. The highest BCUT2D eigenvalue weighted by Crippen LogP contribution is 2.36. The topological polar surface area (TPSA) is 107 Å². The summed E-state index contributed by atoms with van der Waals surface area (Å²) in [7, 11) is 1.41. The van der Waals surface area contributed by atoms with Crippen molar-refractivity contribution in [3.63, 3.8) is 0 Å². The lowest BCUT2D eigenvalue weighted by molar-refractivity contribution is 0.175. The third-order valence-corrected chi connectivity index (χ3v) is 6.90. The summed E-state index contributed by atoms with van der Waals surface area (Å²) >= 11 is 0. The van der Waals surface area contributed by atoms with Crippen molar-refractivity contribution in [2.45, 2.75) is 51.9 Å². The summed E-state index contributed by atoms with van der Waals surface area (Å²) in [5.74, 6) is 0.909. The van der Waals surface area contributed by atoms with Gasteiger partial charge in [0.15, 0.2) is 0 Å². The molecule has 1 aliphatic heterocycles. The fourth-order valence-electron chi connectivity index (χ4n) is 4.99. The number of carbonyl (C=O) groups is 1. The van der Waals surface area contributed by atoms with Crippen LogP contribution in [-0.2, 0) is 37.2 Å². The van der Waals surface area contributed by atoms with Gasteiger partial charge in [-0.2, -0.15) is 0 Å². The number of nitrogens with one attached hydrogen (secondary N) is 1. The molecule has 37 heavy (non-hydrogen) atoms. The summed E-state index contributed by atoms with van der Waals surface area (Å²) in [6, 6.07) is 11.2. The molecule has 10 nitrogen and oxygen atoms in total. The highest BCUT2D eigenvalue weighted by Gasteiger charge is 2.31. The first-order valence-corrected chi connectivity index (χ1v) is 12.6. The van der Waals surface area contributed by atoms with Crippen LogP contribution < -0.4 is 15.8 Å². The average molecular weight is 502 g/mol. The fourth-order valence-corrected chi connectivity index (χ4v) is 4.99. The highest BCUT2D eigenvalue weighted by atomic mass is 16.5. The maximum absolute atomic E-state index is 12.6. The van der Waals surface area contributed by atoms with Crippen LogP contribution in [0.5, 0.6) is 0 Å². The van der Waals surface area contributed by atoms with Crippen molar-refractivity contribution in [1.82, 2.24) is 29.4 Å². The van der Waals surface area contributed by atoms with Crippen LogP contribution in [0.3, 0.4) is 0 Å². The first kappa shape index (κ1) is 24.6. The van der Waals surface area contributed by atoms with E-state index >= 15 is 0 Å². The minimum Gasteiger partial charge on any atom is -0.452 e. The Morgan fingerprint density at radius 2 is 2.08 bits per heavy atom. The van der Waals surface area contributed by atoms with Crippen molar-refractivity contribution >= 4 is 22.8 Å². The van der Waals surface area contributed by atoms with E-state index < -0.39 is 0 Å². The summed E-state index contributed by atoms with van der Waals surface area (Å²) in [5.41, 5.74) is 4.75. The molecule has 3 aromatic heterocycles. The molecular formula is C27H31N7O3. The van der Waals surface area contributed by atoms with E-state index in [-0.39, 0.29) is 17.7 Å². The number of anilines is 1. The number of rotatable bonds is 8. The second-order valence-electron chi connectivity index (χ2n) is 9.20. The third kappa shape index (κ3) is 5.10. The maximum Gasteiger partial charge on any atom is 0.414 e. The average Bonchev–Trinajstić information content (AvgIpc) is 3.28. The standard InChI is InChI=1S/C27H31N7O3/c1-19-6-7-21-22(34(19)27(36)37-2)8-9-23-26(21)31-24(11-15-32-14-4-3-5-25(32)35)33(23)16-13-28-17-20-10-12-29-18-30-20/h3-5,8-10,12,14,18-19,28H,6-7,11,13,15-17H2,1-2H3/t19-/m0/s1. The number of methoxy groups -OCH3 is 1. The van der Waals surface area contributed by atoms with Gasteiger partial charge in [-0.05, 0) is 44.0 Å². The van der Waals surface area contributed by atoms with Crippen LogP contribution in [0.1, 0.15) is 30.4 Å². The summed E-state index contributed by atoms with van der Waals surface area (Å²) in [5, 5.41) is 3.45. The van der Waals surface area contributed by atoms with Crippen molar-refractivity contribution in [2.75, 3.05) is 18.6 Å². The Balaban J connectivity index is 1.46. The largest absolute Gasteiger partial charge is 0.452 e. The van der Waals surface area contributed by atoms with E-state index in [1.807, 2.05) is 31.2 Å². The molecule has 4 heterocycles. The van der Waals surface area contributed by atoms with Crippen molar-refractivity contribution < 1.29 is 9.53 Å². The Hall–Kier alpha value is -4.05. The second-order valence-corrected chi connectivity index (χ2v) is 9.20. The van der Waals surface area contributed by atoms with Crippen LogP contribution in [0.4, 0.5) is 10.5 Å². The van der Waals surface area contributed by atoms with Gasteiger partial charge in [-0.3, -0.25) is 9.69 Å². The van der Waals surface area contributed by atoms with Gasteiger partial charge in [-0.1, -0.05) is 6.07 Å². The number of imidazole rings is 1. The smallest absolute Gasteiger partial charge is 0.414 e. The van der Waals surface area contributed by atoms with E-state index in [0.717, 1.165) is 53.2 Å². The van der Waals surface area contributed by atoms with Crippen LogP contribution in [0.25, 0.3) is 11.0 Å². The minimum atomic E-state index is -0.357. The summed E-state index contributed by atoms with van der Waals surface area (Å²) in [6.45, 7) is 4.64. The van der Waals surface area contributed by atoms with Gasteiger partial charge >= 0.3 is 6.09 Å². The van der Waals surface area contributed by atoms with Gasteiger partial charge in [0.1, 0.15) is 12.2 Å². The Kier molecular flexibility index (Phi) is 7.27. The van der Waals surface area contributed by atoms with Gasteiger partial charge in [-0.15, -0.1) is 0 Å². The van der Waals surface area contributed by atoms with E-state index in [0.29, 0.717) is 26.1 Å². The number of aryl methyl sites for hydroxylation is 3. The van der Waals surface area contributed by atoms with Crippen LogP contribution in [0, 0.1) is 0 Å². The molecule has 0 saturated heterocycles. The molecule has 1 aliphatic rings.